The zero-order valence-corrected chi connectivity index (χ0v) is 13.6. The average Bonchev–Trinajstić information content (AvgIpc) is 2.67. The lowest BCUT2D eigenvalue weighted by Crippen LogP contribution is -2.33. The molecule has 1 aromatic carbocycles. The fourth-order valence-corrected chi connectivity index (χ4v) is 2.72. The first kappa shape index (κ1) is 16.2. The second-order valence-corrected chi connectivity index (χ2v) is 7.04. The Balaban J connectivity index is 1.87. The molecule has 3 heteroatoms. The summed E-state index contributed by atoms with van der Waals surface area (Å²) in [6.07, 6.45) is 1.68. The summed E-state index contributed by atoms with van der Waals surface area (Å²) in [5.74, 6) is 0.320. The number of rotatable bonds is 4. The molecule has 0 amide bonds. The summed E-state index contributed by atoms with van der Waals surface area (Å²) in [7, 11) is 0. The minimum Gasteiger partial charge on any atom is -0.315 e. The number of hydrogen-bond acceptors (Lipinski definition) is 3. The van der Waals surface area contributed by atoms with Crippen molar-refractivity contribution >= 4 is 5.78 Å². The van der Waals surface area contributed by atoms with Gasteiger partial charge in [-0.25, -0.2) is 0 Å². The normalized spacial score (nSPS) is 17.5. The van der Waals surface area contributed by atoms with Gasteiger partial charge in [0.25, 0.3) is 0 Å². The number of hydrogen-bond donors (Lipinski definition) is 1. The van der Waals surface area contributed by atoms with E-state index in [-0.39, 0.29) is 5.41 Å². The van der Waals surface area contributed by atoms with Crippen LogP contribution in [0.25, 0.3) is 0 Å². The highest BCUT2D eigenvalue weighted by molar-refractivity contribution is 5.82. The van der Waals surface area contributed by atoms with Gasteiger partial charge in [-0.2, -0.15) is 0 Å². The van der Waals surface area contributed by atoms with Gasteiger partial charge in [-0.05, 0) is 36.1 Å². The minimum absolute atomic E-state index is 0.168. The third-order valence-electron chi connectivity index (χ3n) is 4.05. The van der Waals surface area contributed by atoms with Crippen LogP contribution in [0.1, 0.15) is 38.3 Å². The van der Waals surface area contributed by atoms with Crippen LogP contribution in [0, 0.1) is 0 Å². The number of ketones is 1. The molecule has 0 radical (unpaired) electrons. The Morgan fingerprint density at radius 1 is 1.14 bits per heavy atom. The number of benzene rings is 1. The summed E-state index contributed by atoms with van der Waals surface area (Å²) < 4.78 is 0. The number of nitrogens with one attached hydrogen (secondary N) is 1. The molecule has 1 aliphatic heterocycles. The molecule has 2 rings (SSSR count). The first-order valence-electron chi connectivity index (χ1n) is 7.99. The topological polar surface area (TPSA) is 32.3 Å². The van der Waals surface area contributed by atoms with Crippen LogP contribution in [0.5, 0.6) is 0 Å². The van der Waals surface area contributed by atoms with E-state index in [4.69, 9.17) is 0 Å². The summed E-state index contributed by atoms with van der Waals surface area (Å²) in [5, 5.41) is 3.37. The molecule has 1 heterocycles. The standard InChI is InChI=1S/C18H28N2O/c1-18(2,3)16-7-5-15(6-8-16)13-17(21)14-20-11-4-9-19-10-12-20/h5-8,19H,4,9-14H2,1-3H3. The molecule has 21 heavy (non-hydrogen) atoms. The first-order chi connectivity index (χ1) is 9.95. The van der Waals surface area contributed by atoms with E-state index in [1.807, 2.05) is 0 Å². The summed E-state index contributed by atoms with van der Waals surface area (Å²) in [6.45, 7) is 11.3. The van der Waals surface area contributed by atoms with Crippen molar-refractivity contribution in [3.8, 4) is 0 Å². The maximum Gasteiger partial charge on any atom is 0.151 e. The number of Topliss-reactive ketones (excluding diaryl/α,β-unsaturated/α-hetero) is 1. The molecule has 116 valence electrons. The van der Waals surface area contributed by atoms with Crippen LogP contribution in [0.3, 0.4) is 0 Å². The molecule has 1 saturated heterocycles. The molecule has 0 bridgehead atoms. The van der Waals surface area contributed by atoms with Crippen molar-refractivity contribution in [3.63, 3.8) is 0 Å². The van der Waals surface area contributed by atoms with Gasteiger partial charge in [-0.15, -0.1) is 0 Å². The van der Waals surface area contributed by atoms with Crippen molar-refractivity contribution in [3.05, 3.63) is 35.4 Å². The molecule has 0 unspecified atom stereocenters. The summed E-state index contributed by atoms with van der Waals surface area (Å²) in [4.78, 5) is 14.5. The van der Waals surface area contributed by atoms with Gasteiger partial charge in [0.2, 0.25) is 0 Å². The molecule has 0 atom stereocenters. The molecule has 3 nitrogen and oxygen atoms in total. The summed E-state index contributed by atoms with van der Waals surface area (Å²) >= 11 is 0. The van der Waals surface area contributed by atoms with Crippen molar-refractivity contribution in [1.82, 2.24) is 10.2 Å². The van der Waals surface area contributed by atoms with Crippen LogP contribution in [-0.2, 0) is 16.6 Å². The van der Waals surface area contributed by atoms with E-state index < -0.39 is 0 Å². The fraction of sp³-hybridized carbons (Fsp3) is 0.611. The van der Waals surface area contributed by atoms with Gasteiger partial charge >= 0.3 is 0 Å². The van der Waals surface area contributed by atoms with E-state index in [9.17, 15) is 4.79 Å². The van der Waals surface area contributed by atoms with Gasteiger partial charge in [-0.3, -0.25) is 9.69 Å². The van der Waals surface area contributed by atoms with Crippen LogP contribution in [0.4, 0.5) is 0 Å². The van der Waals surface area contributed by atoms with Gasteiger partial charge in [0.1, 0.15) is 0 Å². The van der Waals surface area contributed by atoms with Crippen LogP contribution < -0.4 is 5.32 Å². The highest BCUT2D eigenvalue weighted by Crippen LogP contribution is 2.22. The fourth-order valence-electron chi connectivity index (χ4n) is 2.72. The quantitative estimate of drug-likeness (QED) is 0.923. The molecular formula is C18H28N2O. The molecule has 0 aromatic heterocycles. The van der Waals surface area contributed by atoms with Crippen molar-refractivity contribution in [2.24, 2.45) is 0 Å². The third kappa shape index (κ3) is 5.25. The predicted molar refractivity (Wildman–Crippen MR) is 87.8 cm³/mol. The molecule has 1 N–H and O–H groups in total. The first-order valence-corrected chi connectivity index (χ1v) is 7.99. The summed E-state index contributed by atoms with van der Waals surface area (Å²) in [6, 6.07) is 8.50. The number of carbonyl (C=O) groups excluding carboxylic acids is 1. The van der Waals surface area contributed by atoms with Crippen molar-refractivity contribution in [1.29, 1.82) is 0 Å². The maximum atomic E-state index is 12.2. The predicted octanol–water partition coefficient (Wildman–Crippen LogP) is 2.39. The lowest BCUT2D eigenvalue weighted by Gasteiger charge is -2.20. The molecule has 0 spiro atoms. The Morgan fingerprint density at radius 3 is 2.52 bits per heavy atom. The second-order valence-electron chi connectivity index (χ2n) is 7.04. The van der Waals surface area contributed by atoms with Gasteiger partial charge in [-0.1, -0.05) is 45.0 Å². The Hall–Kier alpha value is -1.19. The Morgan fingerprint density at radius 2 is 1.86 bits per heavy atom. The molecule has 1 aromatic rings. The van der Waals surface area contributed by atoms with E-state index >= 15 is 0 Å². The third-order valence-corrected chi connectivity index (χ3v) is 4.05. The highest BCUT2D eigenvalue weighted by Gasteiger charge is 2.15. The van der Waals surface area contributed by atoms with E-state index in [2.05, 4.69) is 55.3 Å². The van der Waals surface area contributed by atoms with Gasteiger partial charge < -0.3 is 5.32 Å². The largest absolute Gasteiger partial charge is 0.315 e. The zero-order valence-electron chi connectivity index (χ0n) is 13.6. The van der Waals surface area contributed by atoms with E-state index in [0.717, 1.165) is 38.2 Å². The van der Waals surface area contributed by atoms with Crippen molar-refractivity contribution in [2.75, 3.05) is 32.7 Å². The van der Waals surface area contributed by atoms with Crippen LogP contribution in [0.15, 0.2) is 24.3 Å². The molecule has 0 saturated carbocycles. The van der Waals surface area contributed by atoms with Gasteiger partial charge in [0.15, 0.2) is 5.78 Å². The van der Waals surface area contributed by atoms with Crippen molar-refractivity contribution in [2.45, 2.75) is 39.0 Å². The Labute approximate surface area is 128 Å². The van der Waals surface area contributed by atoms with Crippen LogP contribution in [0.2, 0.25) is 0 Å². The van der Waals surface area contributed by atoms with Crippen LogP contribution in [-0.4, -0.2) is 43.4 Å². The van der Waals surface area contributed by atoms with Gasteiger partial charge in [0, 0.05) is 19.5 Å². The minimum atomic E-state index is 0.168. The van der Waals surface area contributed by atoms with Crippen LogP contribution >= 0.6 is 0 Å². The monoisotopic (exact) mass is 288 g/mol. The molecule has 1 aliphatic rings. The second kappa shape index (κ2) is 7.19. The Kier molecular flexibility index (Phi) is 5.54. The lowest BCUT2D eigenvalue weighted by molar-refractivity contribution is -0.119. The SMILES string of the molecule is CC(C)(C)c1ccc(CC(=O)CN2CCCNCC2)cc1. The number of carbonyl (C=O) groups is 1. The molecular weight excluding hydrogens is 260 g/mol. The van der Waals surface area contributed by atoms with E-state index in [1.165, 1.54) is 5.56 Å². The van der Waals surface area contributed by atoms with E-state index in [1.54, 1.807) is 0 Å². The van der Waals surface area contributed by atoms with Crippen molar-refractivity contribution < 1.29 is 4.79 Å². The summed E-state index contributed by atoms with van der Waals surface area (Å²) in [5.41, 5.74) is 2.61. The average molecular weight is 288 g/mol. The molecule has 1 fully saturated rings. The van der Waals surface area contributed by atoms with Gasteiger partial charge in [0.05, 0.1) is 6.54 Å². The zero-order chi connectivity index (χ0) is 15.3. The number of nitrogens with zero attached hydrogens (tertiary/aromatic N) is 1. The van der Waals surface area contributed by atoms with E-state index in [0.29, 0.717) is 18.7 Å². The Bertz CT molecular complexity index is 451. The maximum absolute atomic E-state index is 12.2. The highest BCUT2D eigenvalue weighted by atomic mass is 16.1. The smallest absolute Gasteiger partial charge is 0.151 e. The molecule has 0 aliphatic carbocycles. The lowest BCUT2D eigenvalue weighted by atomic mass is 9.86.